The third kappa shape index (κ3) is 3.32. The number of rotatable bonds is 3. The van der Waals surface area contributed by atoms with Crippen LogP contribution >= 0.6 is 0 Å². The van der Waals surface area contributed by atoms with Crippen LogP contribution in [0.2, 0.25) is 0 Å². The van der Waals surface area contributed by atoms with Crippen LogP contribution in [-0.2, 0) is 0 Å². The van der Waals surface area contributed by atoms with Crippen LogP contribution in [0.1, 0.15) is 23.9 Å². The minimum atomic E-state index is -1.29. The first kappa shape index (κ1) is 21.4. The highest BCUT2D eigenvalue weighted by atomic mass is 19.2. The number of nitrogen functional groups attached to an aromatic ring is 1. The molecule has 9 nitrogen and oxygen atoms in total. The van der Waals surface area contributed by atoms with E-state index in [1.165, 1.54) is 17.0 Å². The lowest BCUT2D eigenvalue weighted by Gasteiger charge is -2.28. The Morgan fingerprint density at radius 3 is 2.65 bits per heavy atom. The average molecular weight is 461 g/mol. The number of aromatic nitrogens is 4. The standard InChI is InChI=1S/C23H17F2N7O2/c24-15-6-7-16-18(19(15)25)23(34)32(12-4-2-1-3-5-12)22(30-16)17-8-13(33)10-31(17)21-14(9-26)20(27)28-11-29-21/h1-7,11,13,17,33H,8,10H2,(H2,27,28,29)/t13-,17-/m0/s1. The lowest BCUT2D eigenvalue weighted by molar-refractivity contribution is 0.193. The number of para-hydroxylation sites is 1. The van der Waals surface area contributed by atoms with Crippen molar-refractivity contribution in [2.24, 2.45) is 0 Å². The summed E-state index contributed by atoms with van der Waals surface area (Å²) in [6.07, 6.45) is 0.502. The maximum Gasteiger partial charge on any atom is 0.269 e. The zero-order valence-electron chi connectivity index (χ0n) is 17.6. The molecule has 0 saturated carbocycles. The van der Waals surface area contributed by atoms with Gasteiger partial charge in [0.1, 0.15) is 35.0 Å². The number of fused-ring (bicyclic) bond motifs is 1. The van der Waals surface area contributed by atoms with E-state index in [2.05, 4.69) is 15.0 Å². The largest absolute Gasteiger partial charge is 0.391 e. The van der Waals surface area contributed by atoms with Crippen LogP contribution in [-0.4, -0.2) is 37.3 Å². The molecule has 0 bridgehead atoms. The number of aliphatic hydroxyl groups excluding tert-OH is 1. The number of hydrogen-bond acceptors (Lipinski definition) is 8. The number of halogens is 2. The first-order chi connectivity index (χ1) is 16.4. The Labute approximate surface area is 191 Å². The van der Waals surface area contributed by atoms with Crippen molar-refractivity contribution < 1.29 is 13.9 Å². The fraction of sp³-hybridized carbons (Fsp3) is 0.174. The molecule has 5 rings (SSSR count). The number of β-amino-alcohol motifs (C(OH)–C–C–N with tert-alkyl or cyclic N) is 1. The van der Waals surface area contributed by atoms with Gasteiger partial charge in [0.05, 0.1) is 23.3 Å². The van der Waals surface area contributed by atoms with Crippen molar-refractivity contribution in [3.05, 3.63) is 82.2 Å². The summed E-state index contributed by atoms with van der Waals surface area (Å²) in [6, 6.07) is 11.8. The van der Waals surface area contributed by atoms with Crippen LogP contribution in [0.5, 0.6) is 0 Å². The topological polar surface area (TPSA) is 134 Å². The highest BCUT2D eigenvalue weighted by molar-refractivity contribution is 5.79. The third-order valence-electron chi connectivity index (χ3n) is 5.79. The summed E-state index contributed by atoms with van der Waals surface area (Å²) in [5.74, 6) is -2.13. The Morgan fingerprint density at radius 2 is 1.91 bits per heavy atom. The summed E-state index contributed by atoms with van der Waals surface area (Å²) in [5.41, 5.74) is 5.42. The summed E-state index contributed by atoms with van der Waals surface area (Å²) in [7, 11) is 0. The van der Waals surface area contributed by atoms with E-state index in [4.69, 9.17) is 5.73 Å². The molecule has 170 valence electrons. The molecule has 1 aliphatic heterocycles. The van der Waals surface area contributed by atoms with E-state index in [-0.39, 0.29) is 41.5 Å². The molecular weight excluding hydrogens is 444 g/mol. The van der Waals surface area contributed by atoms with Crippen molar-refractivity contribution in [1.29, 1.82) is 5.26 Å². The molecule has 4 aromatic rings. The molecule has 0 unspecified atom stereocenters. The van der Waals surface area contributed by atoms with Crippen LogP contribution in [0.15, 0.2) is 53.6 Å². The highest BCUT2D eigenvalue weighted by Crippen LogP contribution is 2.37. The second-order valence-corrected chi connectivity index (χ2v) is 7.83. The Hall–Kier alpha value is -4.43. The summed E-state index contributed by atoms with van der Waals surface area (Å²) in [5, 5.41) is 19.7. The van der Waals surface area contributed by atoms with E-state index >= 15 is 0 Å². The summed E-state index contributed by atoms with van der Waals surface area (Å²) in [6.45, 7) is 0.0796. The van der Waals surface area contributed by atoms with Gasteiger partial charge in [-0.2, -0.15) is 5.26 Å². The molecule has 0 spiro atoms. The zero-order chi connectivity index (χ0) is 24.0. The Kier molecular flexibility index (Phi) is 5.14. The van der Waals surface area contributed by atoms with E-state index in [0.29, 0.717) is 5.69 Å². The molecule has 3 N–H and O–H groups in total. The number of hydrogen-bond donors (Lipinski definition) is 2. The fourth-order valence-electron chi connectivity index (χ4n) is 4.28. The van der Waals surface area contributed by atoms with Crippen molar-refractivity contribution in [2.75, 3.05) is 17.2 Å². The van der Waals surface area contributed by atoms with Gasteiger partial charge in [-0.25, -0.2) is 23.7 Å². The minimum Gasteiger partial charge on any atom is -0.391 e. The van der Waals surface area contributed by atoms with Gasteiger partial charge in [0.15, 0.2) is 17.5 Å². The normalized spacial score (nSPS) is 17.8. The molecule has 0 radical (unpaired) electrons. The molecule has 2 aromatic heterocycles. The van der Waals surface area contributed by atoms with Crippen LogP contribution in [0.3, 0.4) is 0 Å². The van der Waals surface area contributed by atoms with E-state index < -0.39 is 34.7 Å². The van der Waals surface area contributed by atoms with Gasteiger partial charge in [0.25, 0.3) is 5.56 Å². The van der Waals surface area contributed by atoms with Gasteiger partial charge >= 0.3 is 0 Å². The van der Waals surface area contributed by atoms with E-state index in [1.54, 1.807) is 35.2 Å². The van der Waals surface area contributed by atoms with E-state index in [0.717, 1.165) is 6.07 Å². The number of nitriles is 1. The monoisotopic (exact) mass is 461 g/mol. The zero-order valence-corrected chi connectivity index (χ0v) is 17.6. The van der Waals surface area contributed by atoms with Gasteiger partial charge in [-0.3, -0.25) is 9.36 Å². The second kappa shape index (κ2) is 8.17. The van der Waals surface area contributed by atoms with Crippen molar-refractivity contribution in [3.8, 4) is 11.8 Å². The maximum absolute atomic E-state index is 14.7. The molecule has 2 aromatic carbocycles. The van der Waals surface area contributed by atoms with Crippen molar-refractivity contribution >= 4 is 22.5 Å². The average Bonchev–Trinajstić information content (AvgIpc) is 3.22. The van der Waals surface area contributed by atoms with Crippen LogP contribution < -0.4 is 16.2 Å². The van der Waals surface area contributed by atoms with Gasteiger partial charge in [0.2, 0.25) is 0 Å². The highest BCUT2D eigenvalue weighted by Gasteiger charge is 2.38. The SMILES string of the molecule is N#Cc1c(N)ncnc1N1C[C@@H](O)C[C@H]1c1nc2ccc(F)c(F)c2c(=O)n1-c1ccccc1. The number of nitrogens with zero attached hydrogens (tertiary/aromatic N) is 6. The molecule has 1 fully saturated rings. The first-order valence-corrected chi connectivity index (χ1v) is 10.3. The lowest BCUT2D eigenvalue weighted by atomic mass is 10.1. The predicted octanol–water partition coefficient (Wildman–Crippen LogP) is 2.22. The van der Waals surface area contributed by atoms with Crippen molar-refractivity contribution in [2.45, 2.75) is 18.6 Å². The van der Waals surface area contributed by atoms with Crippen LogP contribution in [0.4, 0.5) is 20.4 Å². The number of aliphatic hydroxyl groups is 1. The third-order valence-corrected chi connectivity index (χ3v) is 5.79. The molecule has 0 aliphatic carbocycles. The quantitative estimate of drug-likeness (QED) is 0.474. The van der Waals surface area contributed by atoms with Gasteiger partial charge in [-0.15, -0.1) is 0 Å². The van der Waals surface area contributed by atoms with Crippen LogP contribution in [0, 0.1) is 23.0 Å². The number of benzene rings is 2. The number of nitrogens with two attached hydrogens (primary N) is 1. The molecule has 3 heterocycles. The molecule has 34 heavy (non-hydrogen) atoms. The minimum absolute atomic E-state index is 0.0177. The first-order valence-electron chi connectivity index (χ1n) is 10.3. The van der Waals surface area contributed by atoms with Gasteiger partial charge in [0, 0.05) is 13.0 Å². The van der Waals surface area contributed by atoms with Crippen molar-refractivity contribution in [3.63, 3.8) is 0 Å². The second-order valence-electron chi connectivity index (χ2n) is 7.83. The fourth-order valence-corrected chi connectivity index (χ4v) is 4.28. The smallest absolute Gasteiger partial charge is 0.269 e. The van der Waals surface area contributed by atoms with E-state index in [1.807, 2.05) is 6.07 Å². The summed E-state index contributed by atoms with van der Waals surface area (Å²) < 4.78 is 29.8. The Morgan fingerprint density at radius 1 is 1.15 bits per heavy atom. The predicted molar refractivity (Wildman–Crippen MR) is 119 cm³/mol. The summed E-state index contributed by atoms with van der Waals surface area (Å²) in [4.78, 5) is 27.7. The molecule has 2 atom stereocenters. The number of anilines is 2. The van der Waals surface area contributed by atoms with Crippen LogP contribution in [0.25, 0.3) is 16.6 Å². The van der Waals surface area contributed by atoms with Gasteiger partial charge in [-0.05, 0) is 24.3 Å². The lowest BCUT2D eigenvalue weighted by Crippen LogP contribution is -2.33. The maximum atomic E-state index is 14.7. The molecule has 1 saturated heterocycles. The van der Waals surface area contributed by atoms with Gasteiger partial charge < -0.3 is 15.7 Å². The van der Waals surface area contributed by atoms with Gasteiger partial charge in [-0.1, -0.05) is 18.2 Å². The molecule has 1 aliphatic rings. The molecule has 0 amide bonds. The summed E-state index contributed by atoms with van der Waals surface area (Å²) >= 11 is 0. The van der Waals surface area contributed by atoms with E-state index in [9.17, 15) is 23.9 Å². The van der Waals surface area contributed by atoms with Crippen molar-refractivity contribution in [1.82, 2.24) is 19.5 Å². The molecular formula is C23H17F2N7O2. The Bertz CT molecular complexity index is 1520. The molecule has 11 heteroatoms. The Balaban J connectivity index is 1.81.